The van der Waals surface area contributed by atoms with Crippen LogP contribution in [0.1, 0.15) is 27.4 Å². The number of nitrogens with zero attached hydrogens (tertiary/aromatic N) is 2. The van der Waals surface area contributed by atoms with E-state index in [1.54, 1.807) is 23.1 Å². The molecule has 0 aliphatic heterocycles. The summed E-state index contributed by atoms with van der Waals surface area (Å²) in [6.45, 7) is 2.56. The predicted octanol–water partition coefficient (Wildman–Crippen LogP) is 7.93. The molecule has 6 nitrogen and oxygen atoms in total. The number of benzene rings is 2. The van der Waals surface area contributed by atoms with Gasteiger partial charge in [-0.15, -0.1) is 0 Å². The molecule has 0 aliphatic carbocycles. The van der Waals surface area contributed by atoms with Gasteiger partial charge in [-0.3, -0.25) is 9.48 Å². The number of carbonyl (C=O) groups is 1. The van der Waals surface area contributed by atoms with Crippen LogP contribution in [0, 0.1) is 6.92 Å². The van der Waals surface area contributed by atoms with Crippen molar-refractivity contribution in [2.75, 3.05) is 5.32 Å². The Kier molecular flexibility index (Phi) is 7.65. The summed E-state index contributed by atoms with van der Waals surface area (Å²) >= 11 is 30.4. The molecule has 176 valence electrons. The molecule has 0 atom stereocenters. The summed E-state index contributed by atoms with van der Waals surface area (Å²) in [5, 5.41) is 7.18. The molecule has 0 saturated heterocycles. The third-order valence-electron chi connectivity index (χ3n) is 4.90. The van der Waals surface area contributed by atoms with Crippen LogP contribution in [0.5, 0.6) is 5.75 Å². The van der Waals surface area contributed by atoms with Crippen LogP contribution in [0.25, 0.3) is 0 Å². The van der Waals surface area contributed by atoms with Gasteiger partial charge in [-0.1, -0.05) is 82.3 Å². The number of rotatable bonds is 7. The molecule has 0 radical (unpaired) electrons. The van der Waals surface area contributed by atoms with Crippen LogP contribution < -0.4 is 10.1 Å². The Balaban J connectivity index is 1.39. The Morgan fingerprint density at radius 1 is 1.00 bits per heavy atom. The van der Waals surface area contributed by atoms with Gasteiger partial charge in [0.25, 0.3) is 5.91 Å². The predicted molar refractivity (Wildman–Crippen MR) is 135 cm³/mol. The summed E-state index contributed by atoms with van der Waals surface area (Å²) in [6, 6.07) is 11.2. The standard InChI is InChI=1S/C23H16Cl5N3O3/c1-12-4-2-3-5-13(12)9-31-10-14(8-29-31)30-23(32)16-7-6-15(34-16)11-33-22-20(27)18(25)17(24)19(26)21(22)28/h2-8,10H,9,11H2,1H3,(H,30,32). The third kappa shape index (κ3) is 5.32. The van der Waals surface area contributed by atoms with Crippen molar-refractivity contribution in [3.05, 3.63) is 96.6 Å². The van der Waals surface area contributed by atoms with Gasteiger partial charge in [-0.25, -0.2) is 0 Å². The minimum Gasteiger partial charge on any atom is -0.482 e. The summed E-state index contributed by atoms with van der Waals surface area (Å²) in [7, 11) is 0. The number of anilines is 1. The first-order chi connectivity index (χ1) is 16.2. The zero-order valence-electron chi connectivity index (χ0n) is 17.5. The maximum atomic E-state index is 12.6. The maximum Gasteiger partial charge on any atom is 0.291 e. The number of nitrogens with one attached hydrogen (secondary N) is 1. The van der Waals surface area contributed by atoms with E-state index in [4.69, 9.17) is 67.2 Å². The van der Waals surface area contributed by atoms with E-state index < -0.39 is 5.91 Å². The summed E-state index contributed by atoms with van der Waals surface area (Å²) < 4.78 is 12.9. The Morgan fingerprint density at radius 2 is 1.68 bits per heavy atom. The number of hydrogen-bond donors (Lipinski definition) is 1. The van der Waals surface area contributed by atoms with Crippen molar-refractivity contribution < 1.29 is 13.9 Å². The average Bonchev–Trinajstić information content (AvgIpc) is 3.47. The molecule has 1 N–H and O–H groups in total. The van der Waals surface area contributed by atoms with Crippen molar-refractivity contribution in [3.63, 3.8) is 0 Å². The highest BCUT2D eigenvalue weighted by molar-refractivity contribution is 6.55. The van der Waals surface area contributed by atoms with Crippen LogP contribution in [0.15, 0.2) is 53.2 Å². The second kappa shape index (κ2) is 10.5. The molecule has 2 aromatic carbocycles. The van der Waals surface area contributed by atoms with E-state index in [1.807, 2.05) is 31.2 Å². The molecule has 11 heteroatoms. The Bertz CT molecular complexity index is 1340. The number of aromatic nitrogens is 2. The van der Waals surface area contributed by atoms with Crippen molar-refractivity contribution in [1.82, 2.24) is 9.78 Å². The normalized spacial score (nSPS) is 11.0. The number of hydrogen-bond acceptors (Lipinski definition) is 4. The van der Waals surface area contributed by atoms with Crippen LogP contribution >= 0.6 is 58.0 Å². The molecule has 2 aromatic heterocycles. The Labute approximate surface area is 220 Å². The Hall–Kier alpha value is -2.35. The summed E-state index contributed by atoms with van der Waals surface area (Å²) in [5.41, 5.74) is 2.85. The van der Waals surface area contributed by atoms with Crippen molar-refractivity contribution in [2.24, 2.45) is 0 Å². The molecule has 0 fully saturated rings. The van der Waals surface area contributed by atoms with Gasteiger partial charge in [0.1, 0.15) is 22.4 Å². The number of furan rings is 1. The van der Waals surface area contributed by atoms with E-state index in [0.29, 0.717) is 18.0 Å². The van der Waals surface area contributed by atoms with E-state index in [1.165, 1.54) is 11.6 Å². The van der Waals surface area contributed by atoms with Gasteiger partial charge in [0.05, 0.1) is 33.5 Å². The van der Waals surface area contributed by atoms with Gasteiger partial charge in [0, 0.05) is 6.20 Å². The van der Waals surface area contributed by atoms with Gasteiger partial charge in [0.2, 0.25) is 0 Å². The van der Waals surface area contributed by atoms with Crippen LogP contribution in [0.2, 0.25) is 25.1 Å². The molecule has 4 rings (SSSR count). The van der Waals surface area contributed by atoms with Gasteiger partial charge >= 0.3 is 0 Å². The van der Waals surface area contributed by atoms with Gasteiger partial charge in [0.15, 0.2) is 11.5 Å². The molecule has 34 heavy (non-hydrogen) atoms. The number of carbonyl (C=O) groups excluding carboxylic acids is 1. The van der Waals surface area contributed by atoms with E-state index in [0.717, 1.165) is 5.56 Å². The molecule has 4 aromatic rings. The number of halogens is 5. The smallest absolute Gasteiger partial charge is 0.291 e. The molecule has 1 amide bonds. The van der Waals surface area contributed by atoms with Gasteiger partial charge in [-0.05, 0) is 30.2 Å². The van der Waals surface area contributed by atoms with Crippen molar-refractivity contribution in [3.8, 4) is 5.75 Å². The highest BCUT2D eigenvalue weighted by Crippen LogP contribution is 2.48. The van der Waals surface area contributed by atoms with Crippen LogP contribution in [-0.4, -0.2) is 15.7 Å². The van der Waals surface area contributed by atoms with Crippen LogP contribution in [0.4, 0.5) is 5.69 Å². The van der Waals surface area contributed by atoms with E-state index in [2.05, 4.69) is 10.4 Å². The first-order valence-corrected chi connectivity index (χ1v) is 11.7. The second-order valence-electron chi connectivity index (χ2n) is 7.26. The number of amides is 1. The van der Waals surface area contributed by atoms with E-state index in [9.17, 15) is 4.79 Å². The second-order valence-corrected chi connectivity index (χ2v) is 9.15. The highest BCUT2D eigenvalue weighted by Gasteiger charge is 2.21. The topological polar surface area (TPSA) is 69.3 Å². The molecule has 0 bridgehead atoms. The van der Waals surface area contributed by atoms with Crippen molar-refractivity contribution in [2.45, 2.75) is 20.1 Å². The fraction of sp³-hybridized carbons (Fsp3) is 0.130. The lowest BCUT2D eigenvalue weighted by Gasteiger charge is -2.12. The highest BCUT2D eigenvalue weighted by atomic mass is 35.5. The molecule has 2 heterocycles. The third-order valence-corrected chi connectivity index (χ3v) is 7.14. The van der Waals surface area contributed by atoms with Crippen LogP contribution in [0.3, 0.4) is 0 Å². The van der Waals surface area contributed by atoms with E-state index >= 15 is 0 Å². The summed E-state index contributed by atoms with van der Waals surface area (Å²) in [5.74, 6) is 0.0749. The van der Waals surface area contributed by atoms with Crippen LogP contribution in [-0.2, 0) is 13.2 Å². The molecule has 0 aliphatic rings. The quantitative estimate of drug-likeness (QED) is 0.184. The SMILES string of the molecule is Cc1ccccc1Cn1cc(NC(=O)c2ccc(COc3c(Cl)c(Cl)c(Cl)c(Cl)c3Cl)o2)cn1. The average molecular weight is 560 g/mol. The lowest BCUT2D eigenvalue weighted by molar-refractivity contribution is 0.0992. The zero-order chi connectivity index (χ0) is 24.4. The minimum atomic E-state index is -0.435. The number of ether oxygens (including phenoxy) is 1. The monoisotopic (exact) mass is 557 g/mol. The lowest BCUT2D eigenvalue weighted by atomic mass is 10.1. The molecular weight excluding hydrogens is 544 g/mol. The summed E-state index contributed by atoms with van der Waals surface area (Å²) in [6.07, 6.45) is 3.32. The molecule has 0 saturated carbocycles. The Morgan fingerprint density at radius 3 is 2.38 bits per heavy atom. The summed E-state index contributed by atoms with van der Waals surface area (Å²) in [4.78, 5) is 12.6. The molecule has 0 unspecified atom stereocenters. The molecule has 0 spiro atoms. The first kappa shape index (κ1) is 24.8. The first-order valence-electron chi connectivity index (χ1n) is 9.86. The fourth-order valence-electron chi connectivity index (χ4n) is 3.10. The lowest BCUT2D eigenvalue weighted by Crippen LogP contribution is -2.10. The van der Waals surface area contributed by atoms with Gasteiger partial charge < -0.3 is 14.5 Å². The van der Waals surface area contributed by atoms with Crippen molar-refractivity contribution in [1.29, 1.82) is 0 Å². The minimum absolute atomic E-state index is 0.0216. The molecular formula is C23H16Cl5N3O3. The van der Waals surface area contributed by atoms with Gasteiger partial charge in [-0.2, -0.15) is 5.10 Å². The zero-order valence-corrected chi connectivity index (χ0v) is 21.3. The number of aryl methyl sites for hydroxylation is 1. The van der Waals surface area contributed by atoms with Crippen molar-refractivity contribution >= 4 is 69.6 Å². The largest absolute Gasteiger partial charge is 0.482 e. The maximum absolute atomic E-state index is 12.6. The van der Waals surface area contributed by atoms with E-state index in [-0.39, 0.29) is 43.2 Å². The fourth-order valence-corrected chi connectivity index (χ4v) is 4.33.